The van der Waals surface area contributed by atoms with Crippen LogP contribution in [0.25, 0.3) is 11.6 Å². The highest BCUT2D eigenvalue weighted by Crippen LogP contribution is 2.43. The second-order valence-corrected chi connectivity index (χ2v) is 9.10. The summed E-state index contributed by atoms with van der Waals surface area (Å²) >= 11 is 3.43. The molecule has 0 aliphatic carbocycles. The van der Waals surface area contributed by atoms with Gasteiger partial charge in [0.05, 0.1) is 5.56 Å². The molecule has 2 nitrogen and oxygen atoms in total. The Labute approximate surface area is 151 Å². The van der Waals surface area contributed by atoms with Crippen LogP contribution in [0.2, 0.25) is 0 Å². The van der Waals surface area contributed by atoms with Gasteiger partial charge in [0.25, 0.3) is 0 Å². The number of aromatic carboxylic acids is 1. The van der Waals surface area contributed by atoms with Crippen LogP contribution in [0, 0.1) is 6.92 Å². The monoisotopic (exact) mass is 358 g/mol. The molecule has 0 saturated heterocycles. The van der Waals surface area contributed by atoms with Crippen LogP contribution in [0.4, 0.5) is 0 Å². The topological polar surface area (TPSA) is 37.3 Å². The largest absolute Gasteiger partial charge is 0.478 e. The highest BCUT2D eigenvalue weighted by atomic mass is 32.2. The fraction of sp³-hybridized carbons (Fsp3) is 0.350. The quantitative estimate of drug-likeness (QED) is 0.721. The third kappa shape index (κ3) is 3.31. The summed E-state index contributed by atoms with van der Waals surface area (Å²) in [6.45, 7) is 8.91. The number of allylic oxidation sites excluding steroid dienone is 1. The van der Waals surface area contributed by atoms with E-state index in [-0.39, 0.29) is 5.41 Å². The standard InChI is InChI=1S/C20H22O2S2/c1-12(7-15-9-14(11-24-15)19(21)22)16-10-17-18(8-13(16)2)23-6-5-20(17,3)4/h7-11H,5-6H2,1-4H3,(H,21,22). The number of thioether (sulfide) groups is 1. The van der Waals surface area contributed by atoms with Gasteiger partial charge in [-0.05, 0) is 78.0 Å². The average molecular weight is 359 g/mol. The number of fused-ring (bicyclic) bond motifs is 1. The smallest absolute Gasteiger partial charge is 0.336 e. The number of aryl methyl sites for hydroxylation is 1. The number of benzene rings is 1. The van der Waals surface area contributed by atoms with Crippen molar-refractivity contribution in [1.29, 1.82) is 0 Å². The summed E-state index contributed by atoms with van der Waals surface area (Å²) < 4.78 is 0. The summed E-state index contributed by atoms with van der Waals surface area (Å²) in [4.78, 5) is 13.4. The van der Waals surface area contributed by atoms with Gasteiger partial charge in [0.1, 0.15) is 0 Å². The first kappa shape index (κ1) is 17.3. The van der Waals surface area contributed by atoms with Gasteiger partial charge in [0.15, 0.2) is 0 Å². The van der Waals surface area contributed by atoms with Crippen molar-refractivity contribution in [1.82, 2.24) is 0 Å². The Morgan fingerprint density at radius 3 is 2.71 bits per heavy atom. The first-order chi connectivity index (χ1) is 11.3. The van der Waals surface area contributed by atoms with Crippen molar-refractivity contribution in [3.63, 3.8) is 0 Å². The van der Waals surface area contributed by atoms with E-state index in [0.717, 1.165) is 4.88 Å². The molecule has 24 heavy (non-hydrogen) atoms. The molecule has 2 heterocycles. The Bertz CT molecular complexity index is 828. The van der Waals surface area contributed by atoms with Gasteiger partial charge < -0.3 is 5.11 Å². The summed E-state index contributed by atoms with van der Waals surface area (Å²) in [6.07, 6.45) is 3.29. The van der Waals surface area contributed by atoms with Crippen LogP contribution in [-0.2, 0) is 5.41 Å². The minimum absolute atomic E-state index is 0.211. The lowest BCUT2D eigenvalue weighted by Crippen LogP contribution is -2.23. The number of carboxylic acid groups (broad SMARTS) is 1. The van der Waals surface area contributed by atoms with E-state index in [1.165, 1.54) is 50.7 Å². The molecule has 0 fully saturated rings. The van der Waals surface area contributed by atoms with Gasteiger partial charge >= 0.3 is 5.97 Å². The molecule has 1 N–H and O–H groups in total. The number of hydrogen-bond acceptors (Lipinski definition) is 3. The summed E-state index contributed by atoms with van der Waals surface area (Å²) in [7, 11) is 0. The number of carboxylic acids is 1. The normalized spacial score (nSPS) is 16.8. The van der Waals surface area contributed by atoms with Crippen LogP contribution < -0.4 is 0 Å². The molecule has 0 radical (unpaired) electrons. The maximum Gasteiger partial charge on any atom is 0.336 e. The van der Waals surface area contributed by atoms with Gasteiger partial charge in [-0.15, -0.1) is 23.1 Å². The Morgan fingerprint density at radius 1 is 1.29 bits per heavy atom. The highest BCUT2D eigenvalue weighted by molar-refractivity contribution is 7.99. The summed E-state index contributed by atoms with van der Waals surface area (Å²) in [6, 6.07) is 6.39. The van der Waals surface area contributed by atoms with E-state index in [0.29, 0.717) is 5.56 Å². The Morgan fingerprint density at radius 2 is 2.04 bits per heavy atom. The molecule has 4 heteroatoms. The van der Waals surface area contributed by atoms with Crippen LogP contribution in [0.3, 0.4) is 0 Å². The van der Waals surface area contributed by atoms with Crippen molar-refractivity contribution >= 4 is 40.7 Å². The zero-order valence-electron chi connectivity index (χ0n) is 14.5. The van der Waals surface area contributed by atoms with Gasteiger partial charge in [-0.3, -0.25) is 0 Å². The minimum Gasteiger partial charge on any atom is -0.478 e. The van der Waals surface area contributed by atoms with Gasteiger partial charge in [0, 0.05) is 15.2 Å². The van der Waals surface area contributed by atoms with Gasteiger partial charge in [0.2, 0.25) is 0 Å². The maximum atomic E-state index is 11.0. The molecular weight excluding hydrogens is 336 g/mol. The molecule has 3 rings (SSSR count). The zero-order chi connectivity index (χ0) is 17.5. The van der Waals surface area contributed by atoms with E-state index >= 15 is 0 Å². The molecule has 0 spiro atoms. The van der Waals surface area contributed by atoms with E-state index in [1.807, 2.05) is 11.8 Å². The maximum absolute atomic E-state index is 11.0. The van der Waals surface area contributed by atoms with E-state index in [4.69, 9.17) is 5.11 Å². The van der Waals surface area contributed by atoms with Crippen LogP contribution in [0.5, 0.6) is 0 Å². The SMILES string of the molecule is CC(=Cc1cc(C(=O)O)cs1)c1cc2c(cc1C)SCCC2(C)C. The molecule has 1 aromatic carbocycles. The molecule has 0 atom stereocenters. The molecule has 0 bridgehead atoms. The molecular formula is C20H22O2S2. The van der Waals surface area contributed by atoms with Crippen molar-refractivity contribution in [3.05, 3.63) is 50.7 Å². The Kier molecular flexibility index (Phi) is 4.63. The molecule has 0 amide bonds. The number of hydrogen-bond donors (Lipinski definition) is 1. The summed E-state index contributed by atoms with van der Waals surface area (Å²) in [5, 5.41) is 10.8. The molecule has 1 aromatic heterocycles. The van der Waals surface area contributed by atoms with Gasteiger partial charge in [-0.2, -0.15) is 0 Å². The minimum atomic E-state index is -0.868. The molecule has 126 valence electrons. The van der Waals surface area contributed by atoms with Crippen molar-refractivity contribution in [2.75, 3.05) is 5.75 Å². The first-order valence-electron chi connectivity index (χ1n) is 8.06. The lowest BCUT2D eigenvalue weighted by molar-refractivity contribution is 0.0697. The number of carbonyl (C=O) groups is 1. The van der Waals surface area contributed by atoms with Crippen molar-refractivity contribution < 1.29 is 9.90 Å². The van der Waals surface area contributed by atoms with Crippen molar-refractivity contribution in [2.45, 2.75) is 44.4 Å². The zero-order valence-corrected chi connectivity index (χ0v) is 16.1. The second kappa shape index (κ2) is 6.41. The van der Waals surface area contributed by atoms with Gasteiger partial charge in [-0.25, -0.2) is 4.79 Å². The van der Waals surface area contributed by atoms with Crippen LogP contribution >= 0.6 is 23.1 Å². The second-order valence-electron chi connectivity index (χ2n) is 7.02. The predicted molar refractivity (Wildman–Crippen MR) is 104 cm³/mol. The average Bonchev–Trinajstić information content (AvgIpc) is 2.95. The number of thiophene rings is 1. The van der Waals surface area contributed by atoms with E-state index in [1.54, 1.807) is 11.4 Å². The first-order valence-corrected chi connectivity index (χ1v) is 9.93. The fourth-order valence-electron chi connectivity index (χ4n) is 3.14. The van der Waals surface area contributed by atoms with E-state index in [2.05, 4.69) is 45.9 Å². The molecule has 1 aliphatic rings. The van der Waals surface area contributed by atoms with Crippen LogP contribution in [0.15, 0.2) is 28.5 Å². The van der Waals surface area contributed by atoms with E-state index in [9.17, 15) is 4.79 Å². The van der Waals surface area contributed by atoms with Gasteiger partial charge in [-0.1, -0.05) is 13.8 Å². The van der Waals surface area contributed by atoms with Crippen molar-refractivity contribution in [2.24, 2.45) is 0 Å². The molecule has 0 saturated carbocycles. The molecule has 1 aliphatic heterocycles. The third-order valence-electron chi connectivity index (χ3n) is 4.69. The summed E-state index contributed by atoms with van der Waals surface area (Å²) in [5.41, 5.74) is 5.73. The lowest BCUT2D eigenvalue weighted by Gasteiger charge is -2.33. The Balaban J connectivity index is 2.02. The molecule has 2 aromatic rings. The highest BCUT2D eigenvalue weighted by Gasteiger charge is 2.28. The third-order valence-corrected chi connectivity index (χ3v) is 6.63. The summed E-state index contributed by atoms with van der Waals surface area (Å²) in [5.74, 6) is 0.313. The van der Waals surface area contributed by atoms with Crippen LogP contribution in [-0.4, -0.2) is 16.8 Å². The fourth-order valence-corrected chi connectivity index (χ4v) is 5.59. The Hall–Kier alpha value is -1.52. The molecule has 0 unspecified atom stereocenters. The van der Waals surface area contributed by atoms with Crippen LogP contribution in [0.1, 0.15) is 59.1 Å². The lowest BCUT2D eigenvalue weighted by atomic mass is 9.80. The van der Waals surface area contributed by atoms with Crippen molar-refractivity contribution in [3.8, 4) is 0 Å². The predicted octanol–water partition coefficient (Wildman–Crippen LogP) is 6.09. The van der Waals surface area contributed by atoms with E-state index < -0.39 is 5.97 Å². The number of rotatable bonds is 3.